The van der Waals surface area contributed by atoms with Crippen molar-refractivity contribution < 1.29 is 9.53 Å². The fourth-order valence-corrected chi connectivity index (χ4v) is 2.77. The molecular formula is C19H22N4O2. The Morgan fingerprint density at radius 3 is 2.72 bits per heavy atom. The van der Waals surface area contributed by atoms with Gasteiger partial charge >= 0.3 is 0 Å². The molecule has 0 aliphatic heterocycles. The van der Waals surface area contributed by atoms with Gasteiger partial charge in [-0.25, -0.2) is 4.98 Å². The molecule has 0 unspecified atom stereocenters. The number of aromatic amines is 1. The van der Waals surface area contributed by atoms with Crippen LogP contribution in [0.1, 0.15) is 21.6 Å². The molecule has 3 aromatic rings. The van der Waals surface area contributed by atoms with Crippen LogP contribution in [0.15, 0.2) is 36.5 Å². The topological polar surface area (TPSA) is 70.2 Å². The summed E-state index contributed by atoms with van der Waals surface area (Å²) in [6, 6.07) is 9.44. The van der Waals surface area contributed by atoms with Crippen molar-refractivity contribution in [2.75, 3.05) is 26.5 Å². The summed E-state index contributed by atoms with van der Waals surface area (Å²) >= 11 is 0. The van der Waals surface area contributed by atoms with E-state index in [9.17, 15) is 4.79 Å². The van der Waals surface area contributed by atoms with Gasteiger partial charge in [-0.3, -0.25) is 4.79 Å². The van der Waals surface area contributed by atoms with Crippen molar-refractivity contribution in [3.8, 4) is 5.75 Å². The molecule has 0 saturated carbocycles. The third-order valence-electron chi connectivity index (χ3n) is 3.99. The van der Waals surface area contributed by atoms with Gasteiger partial charge in [-0.15, -0.1) is 0 Å². The summed E-state index contributed by atoms with van der Waals surface area (Å²) in [5, 5.41) is 3.71. The third kappa shape index (κ3) is 3.64. The molecule has 0 atom stereocenters. The molecule has 25 heavy (non-hydrogen) atoms. The Morgan fingerprint density at radius 2 is 2.08 bits per heavy atom. The number of carbonyl (C=O) groups excluding carboxylic acids is 1. The Labute approximate surface area is 146 Å². The third-order valence-corrected chi connectivity index (χ3v) is 3.99. The molecule has 0 saturated heterocycles. The molecule has 0 fully saturated rings. The van der Waals surface area contributed by atoms with E-state index in [1.807, 2.05) is 45.3 Å². The van der Waals surface area contributed by atoms with E-state index in [0.29, 0.717) is 11.5 Å². The Morgan fingerprint density at radius 1 is 1.28 bits per heavy atom. The maximum atomic E-state index is 12.5. The lowest BCUT2D eigenvalue weighted by molar-refractivity contribution is 0.102. The van der Waals surface area contributed by atoms with E-state index in [0.717, 1.165) is 34.3 Å². The first-order chi connectivity index (χ1) is 12.0. The van der Waals surface area contributed by atoms with E-state index in [-0.39, 0.29) is 5.91 Å². The maximum absolute atomic E-state index is 12.5. The van der Waals surface area contributed by atoms with Crippen LogP contribution in [0.4, 0.5) is 5.82 Å². The quantitative estimate of drug-likeness (QED) is 0.749. The van der Waals surface area contributed by atoms with E-state index in [4.69, 9.17) is 4.74 Å². The zero-order chi connectivity index (χ0) is 18.0. The highest BCUT2D eigenvalue weighted by Gasteiger charge is 2.14. The van der Waals surface area contributed by atoms with Gasteiger partial charge in [0.2, 0.25) is 0 Å². The van der Waals surface area contributed by atoms with E-state index in [1.54, 1.807) is 19.4 Å². The summed E-state index contributed by atoms with van der Waals surface area (Å²) in [7, 11) is 5.62. The second-order valence-electron chi connectivity index (χ2n) is 6.30. The number of carbonyl (C=O) groups is 1. The van der Waals surface area contributed by atoms with Gasteiger partial charge in [0.1, 0.15) is 17.3 Å². The first-order valence-corrected chi connectivity index (χ1v) is 8.05. The van der Waals surface area contributed by atoms with Crippen molar-refractivity contribution in [2.45, 2.75) is 13.5 Å². The molecule has 0 aliphatic rings. The first-order valence-electron chi connectivity index (χ1n) is 8.05. The standard InChI is InChI=1S/C19H22N4O2/c1-12-5-7-16(25-4)14-9-15(21-18(12)14)19(24)22-17-8-6-13(10-20-17)11-23(2)3/h5-10,21H,11H2,1-4H3,(H,20,22,24). The number of hydrogen-bond donors (Lipinski definition) is 2. The lowest BCUT2D eigenvalue weighted by Gasteiger charge is -2.09. The smallest absolute Gasteiger partial charge is 0.273 e. The highest BCUT2D eigenvalue weighted by Crippen LogP contribution is 2.29. The van der Waals surface area contributed by atoms with E-state index in [1.165, 1.54) is 0 Å². The van der Waals surface area contributed by atoms with Gasteiger partial charge in [-0.2, -0.15) is 0 Å². The highest BCUT2D eigenvalue weighted by atomic mass is 16.5. The SMILES string of the molecule is COc1ccc(C)c2[nH]c(C(=O)Nc3ccc(CN(C)C)cn3)cc12. The van der Waals surface area contributed by atoms with Gasteiger partial charge < -0.3 is 19.9 Å². The number of anilines is 1. The minimum Gasteiger partial charge on any atom is -0.496 e. The highest BCUT2D eigenvalue weighted by molar-refractivity contribution is 6.06. The molecule has 0 spiro atoms. The molecule has 0 radical (unpaired) electrons. The largest absolute Gasteiger partial charge is 0.496 e. The number of aromatic nitrogens is 2. The molecule has 2 aromatic heterocycles. The number of aryl methyl sites for hydroxylation is 1. The maximum Gasteiger partial charge on any atom is 0.273 e. The van der Waals surface area contributed by atoms with Crippen LogP contribution in [-0.2, 0) is 6.54 Å². The number of pyridine rings is 1. The summed E-state index contributed by atoms with van der Waals surface area (Å²) in [5.41, 5.74) is 3.52. The molecule has 2 N–H and O–H groups in total. The van der Waals surface area contributed by atoms with Crippen LogP contribution in [0.5, 0.6) is 5.75 Å². The number of rotatable bonds is 5. The Hall–Kier alpha value is -2.86. The molecule has 6 heteroatoms. The van der Waals surface area contributed by atoms with Gasteiger partial charge in [0.05, 0.1) is 12.6 Å². The van der Waals surface area contributed by atoms with Gasteiger partial charge in [0.15, 0.2) is 0 Å². The Bertz CT molecular complexity index is 898. The molecule has 1 aromatic carbocycles. The molecule has 2 heterocycles. The predicted molar refractivity (Wildman–Crippen MR) is 99.2 cm³/mol. The number of hydrogen-bond acceptors (Lipinski definition) is 4. The zero-order valence-electron chi connectivity index (χ0n) is 14.9. The minimum atomic E-state index is -0.231. The number of fused-ring (bicyclic) bond motifs is 1. The van der Waals surface area contributed by atoms with Crippen molar-refractivity contribution in [3.05, 3.63) is 53.3 Å². The number of methoxy groups -OCH3 is 1. The fourth-order valence-electron chi connectivity index (χ4n) is 2.77. The average Bonchev–Trinajstić information content (AvgIpc) is 3.03. The van der Waals surface area contributed by atoms with Crippen LogP contribution in [-0.4, -0.2) is 42.0 Å². The summed E-state index contributed by atoms with van der Waals surface area (Å²) in [6.45, 7) is 2.80. The van der Waals surface area contributed by atoms with Crippen molar-refractivity contribution in [3.63, 3.8) is 0 Å². The molecule has 0 bridgehead atoms. The Balaban J connectivity index is 1.81. The molecule has 130 valence electrons. The summed E-state index contributed by atoms with van der Waals surface area (Å²) in [4.78, 5) is 22.1. The number of H-pyrrole nitrogens is 1. The first kappa shape index (κ1) is 17.0. The lowest BCUT2D eigenvalue weighted by Crippen LogP contribution is -2.14. The van der Waals surface area contributed by atoms with Crippen LogP contribution in [0.2, 0.25) is 0 Å². The van der Waals surface area contributed by atoms with Crippen molar-refractivity contribution in [2.24, 2.45) is 0 Å². The zero-order valence-corrected chi connectivity index (χ0v) is 14.9. The molecule has 3 rings (SSSR count). The van der Waals surface area contributed by atoms with E-state index in [2.05, 4.69) is 20.2 Å². The monoisotopic (exact) mass is 338 g/mol. The number of ether oxygens (including phenoxy) is 1. The van der Waals surface area contributed by atoms with Crippen molar-refractivity contribution >= 4 is 22.6 Å². The molecule has 0 aliphatic carbocycles. The van der Waals surface area contributed by atoms with Crippen LogP contribution >= 0.6 is 0 Å². The van der Waals surface area contributed by atoms with Gasteiger partial charge in [-0.1, -0.05) is 12.1 Å². The number of nitrogens with one attached hydrogen (secondary N) is 2. The molecular weight excluding hydrogens is 316 g/mol. The van der Waals surface area contributed by atoms with Crippen LogP contribution in [0.25, 0.3) is 10.9 Å². The minimum absolute atomic E-state index is 0.231. The predicted octanol–water partition coefficient (Wildman–Crippen LogP) is 3.19. The van der Waals surface area contributed by atoms with Crippen molar-refractivity contribution in [1.29, 1.82) is 0 Å². The van der Waals surface area contributed by atoms with Gasteiger partial charge in [-0.05, 0) is 50.3 Å². The van der Waals surface area contributed by atoms with Crippen LogP contribution in [0.3, 0.4) is 0 Å². The van der Waals surface area contributed by atoms with Crippen molar-refractivity contribution in [1.82, 2.24) is 14.9 Å². The summed E-state index contributed by atoms with van der Waals surface area (Å²) in [6.07, 6.45) is 1.77. The second kappa shape index (κ2) is 6.94. The second-order valence-corrected chi connectivity index (χ2v) is 6.30. The van der Waals surface area contributed by atoms with E-state index < -0.39 is 0 Å². The molecule has 6 nitrogen and oxygen atoms in total. The summed E-state index contributed by atoms with van der Waals surface area (Å²) < 4.78 is 5.37. The molecule has 1 amide bonds. The van der Waals surface area contributed by atoms with Crippen LogP contribution < -0.4 is 10.1 Å². The normalized spacial score (nSPS) is 11.1. The number of amides is 1. The van der Waals surface area contributed by atoms with Gasteiger partial charge in [0, 0.05) is 18.1 Å². The van der Waals surface area contributed by atoms with E-state index >= 15 is 0 Å². The number of benzene rings is 1. The van der Waals surface area contributed by atoms with Crippen LogP contribution in [0, 0.1) is 6.92 Å². The lowest BCUT2D eigenvalue weighted by atomic mass is 10.1. The summed E-state index contributed by atoms with van der Waals surface area (Å²) in [5.74, 6) is 1.03. The Kier molecular flexibility index (Phi) is 4.72. The fraction of sp³-hybridized carbons (Fsp3) is 0.263. The average molecular weight is 338 g/mol. The number of nitrogens with zero attached hydrogens (tertiary/aromatic N) is 2. The van der Waals surface area contributed by atoms with Gasteiger partial charge in [0.25, 0.3) is 5.91 Å².